The summed E-state index contributed by atoms with van der Waals surface area (Å²) >= 11 is 0. The summed E-state index contributed by atoms with van der Waals surface area (Å²) in [6.45, 7) is 5.98. The van der Waals surface area contributed by atoms with E-state index in [0.717, 1.165) is 24.7 Å². The van der Waals surface area contributed by atoms with Crippen molar-refractivity contribution in [3.63, 3.8) is 0 Å². The van der Waals surface area contributed by atoms with E-state index in [-0.39, 0.29) is 35.5 Å². The van der Waals surface area contributed by atoms with Crippen LogP contribution in [0.15, 0.2) is 23.2 Å². The number of fused-ring (bicyclic) bond motifs is 1. The summed E-state index contributed by atoms with van der Waals surface area (Å²) in [5.74, 6) is -0.676. The van der Waals surface area contributed by atoms with Crippen LogP contribution in [0, 0.1) is 22.5 Å². The van der Waals surface area contributed by atoms with Gasteiger partial charge in [0, 0.05) is 44.2 Å². The minimum atomic E-state index is -0.673. The maximum atomic E-state index is 14.2. The predicted octanol–water partition coefficient (Wildman–Crippen LogP) is 1.90. The number of likely N-dealkylation sites (N-methyl/N-ethyl adjacent to an activating group) is 1. The lowest BCUT2D eigenvalue weighted by atomic mass is 9.93. The van der Waals surface area contributed by atoms with Crippen LogP contribution >= 0.6 is 0 Å². The molecule has 31 heavy (non-hydrogen) atoms. The Morgan fingerprint density at radius 1 is 1.32 bits per heavy atom. The van der Waals surface area contributed by atoms with Gasteiger partial charge in [-0.05, 0) is 31.5 Å². The second-order valence-electron chi connectivity index (χ2n) is 8.29. The number of amidine groups is 1. The van der Waals surface area contributed by atoms with Crippen molar-refractivity contribution in [1.82, 2.24) is 9.80 Å². The zero-order valence-corrected chi connectivity index (χ0v) is 17.6. The maximum Gasteiger partial charge on any atom is 0.256 e. The molecule has 0 spiro atoms. The third-order valence-electron chi connectivity index (χ3n) is 6.23. The lowest BCUT2D eigenvalue weighted by molar-refractivity contribution is -0.0479. The molecule has 0 amide bonds. The molecule has 168 valence electrons. The van der Waals surface area contributed by atoms with Crippen molar-refractivity contribution in [3.8, 4) is 0 Å². The van der Waals surface area contributed by atoms with E-state index < -0.39 is 23.8 Å². The lowest BCUT2D eigenvalue weighted by Gasteiger charge is -2.39. The molecule has 0 aliphatic carbocycles. The van der Waals surface area contributed by atoms with Crippen LogP contribution in [0.25, 0.3) is 0 Å². The molecule has 2 fully saturated rings. The van der Waals surface area contributed by atoms with Gasteiger partial charge in [0.1, 0.15) is 17.7 Å². The Morgan fingerprint density at radius 2 is 2.10 bits per heavy atom. The minimum Gasteiger partial charge on any atom is -0.422 e. The molecule has 0 bridgehead atoms. The zero-order chi connectivity index (χ0) is 22.3. The Labute approximate surface area is 180 Å². The van der Waals surface area contributed by atoms with E-state index in [1.54, 1.807) is 0 Å². The molecule has 2 saturated heterocycles. The van der Waals surface area contributed by atoms with Gasteiger partial charge < -0.3 is 20.1 Å². The third kappa shape index (κ3) is 4.19. The van der Waals surface area contributed by atoms with Gasteiger partial charge in [0.05, 0.1) is 18.7 Å². The molecular formula is C21H28F2N6O2. The molecule has 3 aliphatic heterocycles. The van der Waals surface area contributed by atoms with E-state index in [2.05, 4.69) is 4.90 Å². The molecule has 5 atom stereocenters. The van der Waals surface area contributed by atoms with E-state index in [0.29, 0.717) is 32.0 Å². The molecule has 4 N–H and O–H groups in total. The quantitative estimate of drug-likeness (QED) is 0.495. The number of hydrogen-bond acceptors (Lipinski definition) is 8. The number of rotatable bonds is 4. The molecule has 4 unspecified atom stereocenters. The number of nitrogens with one attached hydrogen (secondary N) is 2. The van der Waals surface area contributed by atoms with Crippen molar-refractivity contribution in [2.24, 2.45) is 10.7 Å². The highest BCUT2D eigenvalue weighted by atomic mass is 19.1. The summed E-state index contributed by atoms with van der Waals surface area (Å²) in [6.07, 6.45) is -0.0675. The Kier molecular flexibility index (Phi) is 6.05. The van der Waals surface area contributed by atoms with Crippen LogP contribution in [-0.4, -0.2) is 77.8 Å². The predicted molar refractivity (Wildman–Crippen MR) is 113 cm³/mol. The van der Waals surface area contributed by atoms with Crippen LogP contribution in [0.4, 0.5) is 8.78 Å². The summed E-state index contributed by atoms with van der Waals surface area (Å²) in [5, 5.41) is 15.5. The number of halogens is 2. The number of aliphatic imine (C=N–C) groups is 1. The fraction of sp³-hybridized carbons (Fsp3) is 0.571. The Balaban J connectivity index is 1.42. The molecular weight excluding hydrogens is 406 g/mol. The van der Waals surface area contributed by atoms with E-state index >= 15 is 0 Å². The van der Waals surface area contributed by atoms with Crippen molar-refractivity contribution >= 4 is 17.6 Å². The molecule has 10 heteroatoms. The van der Waals surface area contributed by atoms with E-state index in [1.165, 1.54) is 6.92 Å². The van der Waals surface area contributed by atoms with E-state index in [4.69, 9.17) is 31.0 Å². The molecule has 0 radical (unpaired) electrons. The van der Waals surface area contributed by atoms with Gasteiger partial charge >= 0.3 is 0 Å². The Morgan fingerprint density at radius 3 is 2.77 bits per heavy atom. The number of nitrogens with zero attached hydrogens (tertiary/aromatic N) is 3. The highest BCUT2D eigenvalue weighted by molar-refractivity contribution is 6.38. The van der Waals surface area contributed by atoms with Crippen LogP contribution in [0.2, 0.25) is 0 Å². The van der Waals surface area contributed by atoms with Gasteiger partial charge in [0.15, 0.2) is 11.7 Å². The fourth-order valence-electron chi connectivity index (χ4n) is 4.84. The summed E-state index contributed by atoms with van der Waals surface area (Å²) < 4.78 is 38.8. The molecule has 0 saturated carbocycles. The van der Waals surface area contributed by atoms with Crippen molar-refractivity contribution < 1.29 is 18.3 Å². The summed E-state index contributed by atoms with van der Waals surface area (Å²) in [4.78, 5) is 9.02. The van der Waals surface area contributed by atoms with Gasteiger partial charge in [-0.2, -0.15) is 0 Å². The largest absolute Gasteiger partial charge is 0.422 e. The molecule has 1 aromatic carbocycles. The molecule has 3 aliphatic rings. The normalized spacial score (nSPS) is 30.8. The van der Waals surface area contributed by atoms with Crippen molar-refractivity contribution in [2.75, 3.05) is 26.2 Å². The number of hydrogen-bond donors (Lipinski definition) is 3. The number of benzene rings is 1. The Hall–Kier alpha value is -2.43. The van der Waals surface area contributed by atoms with E-state index in [9.17, 15) is 8.78 Å². The first-order chi connectivity index (χ1) is 14.8. The highest BCUT2D eigenvalue weighted by Gasteiger charge is 2.47. The number of likely N-dealkylation sites (tertiary alicyclic amines) is 1. The summed E-state index contributed by atoms with van der Waals surface area (Å²) in [7, 11) is 0. The van der Waals surface area contributed by atoms with Crippen LogP contribution in [0.5, 0.6) is 0 Å². The summed E-state index contributed by atoms with van der Waals surface area (Å²) in [6, 6.07) is 3.07. The topological polar surface area (TPSA) is 111 Å². The summed E-state index contributed by atoms with van der Waals surface area (Å²) in [5.41, 5.74) is 6.48. The van der Waals surface area contributed by atoms with Crippen LogP contribution in [0.3, 0.4) is 0 Å². The monoisotopic (exact) mass is 434 g/mol. The first-order valence-corrected chi connectivity index (χ1v) is 10.5. The molecule has 0 aromatic heterocycles. The average Bonchev–Trinajstić information content (AvgIpc) is 3.27. The van der Waals surface area contributed by atoms with Gasteiger partial charge in [-0.15, -0.1) is 0 Å². The first-order valence-electron chi connectivity index (χ1n) is 10.5. The Bertz CT molecular complexity index is 910. The molecule has 3 heterocycles. The van der Waals surface area contributed by atoms with Gasteiger partial charge in [0.25, 0.3) is 5.90 Å². The van der Waals surface area contributed by atoms with Crippen molar-refractivity contribution in [3.05, 3.63) is 35.4 Å². The average molecular weight is 434 g/mol. The molecule has 4 rings (SSSR count). The number of nitrogens with two attached hydrogens (primary N) is 1. The van der Waals surface area contributed by atoms with Gasteiger partial charge in [0.2, 0.25) is 0 Å². The van der Waals surface area contributed by atoms with Gasteiger partial charge in [-0.25, -0.2) is 8.78 Å². The molecule has 8 nitrogen and oxygen atoms in total. The van der Waals surface area contributed by atoms with Crippen LogP contribution < -0.4 is 5.73 Å². The van der Waals surface area contributed by atoms with E-state index in [1.807, 2.05) is 11.8 Å². The standard InChI is InChI=1S/C21H28F2N6O2/c1-3-29-18-9-28(8-17(18)27-21(29)20(26)31-11(2)24)13-7-16(25)19(30-10-13)14-6-12(22)4-5-15(14)23/h4-6,13,16-19,24,26H,3,7-10,25H2,1-2H3/t13?,16?,17?,18?,19-/m1/s1. The minimum absolute atomic E-state index is 0.000415. The smallest absolute Gasteiger partial charge is 0.256 e. The van der Waals surface area contributed by atoms with Crippen LogP contribution in [0.1, 0.15) is 31.9 Å². The van der Waals surface area contributed by atoms with Crippen molar-refractivity contribution in [2.45, 2.75) is 50.5 Å². The van der Waals surface area contributed by atoms with Gasteiger partial charge in [-0.3, -0.25) is 20.7 Å². The zero-order valence-electron chi connectivity index (χ0n) is 17.6. The lowest BCUT2D eigenvalue weighted by Crippen LogP contribution is -2.50. The number of ether oxygens (including phenoxy) is 2. The second kappa shape index (κ2) is 8.60. The first kappa shape index (κ1) is 21.8. The second-order valence-corrected chi connectivity index (χ2v) is 8.29. The highest BCUT2D eigenvalue weighted by Crippen LogP contribution is 2.34. The van der Waals surface area contributed by atoms with Crippen LogP contribution in [-0.2, 0) is 9.47 Å². The van der Waals surface area contributed by atoms with Gasteiger partial charge in [-0.1, -0.05) is 0 Å². The van der Waals surface area contributed by atoms with Crippen molar-refractivity contribution in [1.29, 1.82) is 10.8 Å². The SMILES string of the molecule is CCN1C(C(=N)OC(C)=N)=NC2CN(C3CO[C@H](c4cc(F)ccc4F)C(N)C3)CC21. The fourth-order valence-corrected chi connectivity index (χ4v) is 4.84. The maximum absolute atomic E-state index is 14.2. The third-order valence-corrected chi connectivity index (χ3v) is 6.23. The molecule has 1 aromatic rings.